The number of hydrogen-bond acceptors (Lipinski definition) is 3. The molecule has 0 fully saturated rings. The van der Waals surface area contributed by atoms with Crippen molar-refractivity contribution in [2.24, 2.45) is 5.41 Å². The Bertz CT molecular complexity index is 483. The Labute approximate surface area is 123 Å². The first kappa shape index (κ1) is 16.5. The van der Waals surface area contributed by atoms with Gasteiger partial charge in [-0.3, -0.25) is 4.79 Å². The summed E-state index contributed by atoms with van der Waals surface area (Å²) in [4.78, 5) is 25.1. The quantitative estimate of drug-likeness (QED) is 0.754. The van der Waals surface area contributed by atoms with E-state index in [-0.39, 0.29) is 18.6 Å². The number of aryl methyl sites for hydroxylation is 1. The molecule has 0 saturated carbocycles. The summed E-state index contributed by atoms with van der Waals surface area (Å²) in [6, 6.07) is 3.78. The van der Waals surface area contributed by atoms with Gasteiger partial charge in [0.15, 0.2) is 0 Å². The molecular weight excluding hydrogens is 276 g/mol. The number of urea groups is 1. The third kappa shape index (κ3) is 5.21. The van der Waals surface area contributed by atoms with E-state index in [2.05, 4.69) is 22.8 Å². The molecule has 5 nitrogen and oxygen atoms in total. The Balaban J connectivity index is 2.37. The summed E-state index contributed by atoms with van der Waals surface area (Å²) >= 11 is 1.72. The third-order valence-electron chi connectivity index (χ3n) is 2.95. The molecule has 0 aliphatic rings. The molecule has 0 aliphatic carbocycles. The lowest BCUT2D eigenvalue weighted by Gasteiger charge is -2.21. The second-order valence-corrected chi connectivity index (χ2v) is 7.01. The van der Waals surface area contributed by atoms with Crippen LogP contribution in [0.2, 0.25) is 0 Å². The van der Waals surface area contributed by atoms with Crippen LogP contribution in [0.25, 0.3) is 0 Å². The lowest BCUT2D eigenvalue weighted by atomic mass is 9.94. The number of carbonyl (C=O) groups is 2. The summed E-state index contributed by atoms with van der Waals surface area (Å²) in [7, 11) is 0. The molecule has 0 bridgehead atoms. The first-order valence-electron chi connectivity index (χ1n) is 6.54. The van der Waals surface area contributed by atoms with Crippen LogP contribution in [0.4, 0.5) is 4.79 Å². The summed E-state index contributed by atoms with van der Waals surface area (Å²) in [6.45, 7) is 7.23. The van der Waals surface area contributed by atoms with Crippen molar-refractivity contribution >= 4 is 23.3 Å². The highest BCUT2D eigenvalue weighted by molar-refractivity contribution is 7.11. The van der Waals surface area contributed by atoms with Crippen LogP contribution in [0.1, 0.15) is 30.5 Å². The van der Waals surface area contributed by atoms with Gasteiger partial charge in [0.05, 0.1) is 5.41 Å². The molecule has 1 rings (SSSR count). The molecule has 0 radical (unpaired) electrons. The molecule has 1 heterocycles. The highest BCUT2D eigenvalue weighted by atomic mass is 32.1. The highest BCUT2D eigenvalue weighted by Crippen LogP contribution is 2.16. The van der Waals surface area contributed by atoms with Crippen molar-refractivity contribution in [3.63, 3.8) is 0 Å². The number of carboxylic acid groups (broad SMARTS) is 1. The number of rotatable bonds is 6. The van der Waals surface area contributed by atoms with Gasteiger partial charge in [-0.15, -0.1) is 11.3 Å². The summed E-state index contributed by atoms with van der Waals surface area (Å²) < 4.78 is 0. The topological polar surface area (TPSA) is 78.4 Å². The fourth-order valence-electron chi connectivity index (χ4n) is 1.60. The fraction of sp³-hybridized carbons (Fsp3) is 0.571. The molecule has 112 valence electrons. The van der Waals surface area contributed by atoms with Gasteiger partial charge in [0.2, 0.25) is 0 Å². The smallest absolute Gasteiger partial charge is 0.315 e. The van der Waals surface area contributed by atoms with Gasteiger partial charge in [-0.1, -0.05) is 0 Å². The van der Waals surface area contributed by atoms with Crippen molar-refractivity contribution in [3.05, 3.63) is 21.9 Å². The molecular formula is C14H22N2O3S. The fourth-order valence-corrected chi connectivity index (χ4v) is 2.62. The number of carbonyl (C=O) groups excluding carboxylic acids is 1. The average Bonchev–Trinajstić information content (AvgIpc) is 2.71. The molecule has 0 aliphatic heterocycles. The van der Waals surface area contributed by atoms with E-state index >= 15 is 0 Å². The van der Waals surface area contributed by atoms with Gasteiger partial charge in [0.25, 0.3) is 0 Å². The van der Waals surface area contributed by atoms with E-state index in [4.69, 9.17) is 5.11 Å². The van der Waals surface area contributed by atoms with Crippen molar-refractivity contribution in [2.45, 2.75) is 40.2 Å². The SMILES string of the molecule is Cc1ccc(CC(C)NC(=O)NCC(C)(C)C(=O)O)s1. The Morgan fingerprint density at radius 2 is 2.05 bits per heavy atom. The van der Waals surface area contributed by atoms with Crippen molar-refractivity contribution in [2.75, 3.05) is 6.54 Å². The van der Waals surface area contributed by atoms with Gasteiger partial charge in [-0.05, 0) is 39.8 Å². The normalized spacial score (nSPS) is 12.8. The van der Waals surface area contributed by atoms with Crippen LogP contribution in [0.15, 0.2) is 12.1 Å². The first-order chi connectivity index (χ1) is 9.20. The van der Waals surface area contributed by atoms with E-state index in [1.165, 1.54) is 9.75 Å². The number of amides is 2. The van der Waals surface area contributed by atoms with Crippen molar-refractivity contribution < 1.29 is 14.7 Å². The van der Waals surface area contributed by atoms with E-state index < -0.39 is 11.4 Å². The van der Waals surface area contributed by atoms with Crippen LogP contribution < -0.4 is 10.6 Å². The molecule has 0 saturated heterocycles. The van der Waals surface area contributed by atoms with Crippen LogP contribution in [0, 0.1) is 12.3 Å². The lowest BCUT2D eigenvalue weighted by molar-refractivity contribution is -0.146. The van der Waals surface area contributed by atoms with Gasteiger partial charge >= 0.3 is 12.0 Å². The van der Waals surface area contributed by atoms with Gasteiger partial charge < -0.3 is 15.7 Å². The molecule has 0 aromatic carbocycles. The minimum absolute atomic E-state index is 0.000917. The second kappa shape index (κ2) is 6.74. The summed E-state index contributed by atoms with van der Waals surface area (Å²) in [5.74, 6) is -0.931. The number of thiophene rings is 1. The molecule has 1 aromatic heterocycles. The molecule has 1 unspecified atom stereocenters. The predicted molar refractivity (Wildman–Crippen MR) is 80.2 cm³/mol. The van der Waals surface area contributed by atoms with E-state index in [0.29, 0.717) is 0 Å². The lowest BCUT2D eigenvalue weighted by Crippen LogP contribution is -2.46. The van der Waals surface area contributed by atoms with E-state index in [1.54, 1.807) is 25.2 Å². The van der Waals surface area contributed by atoms with Crippen molar-refractivity contribution in [1.29, 1.82) is 0 Å². The van der Waals surface area contributed by atoms with Crippen LogP contribution in [-0.4, -0.2) is 29.7 Å². The van der Waals surface area contributed by atoms with Gasteiger partial charge in [-0.2, -0.15) is 0 Å². The zero-order valence-corrected chi connectivity index (χ0v) is 13.1. The Morgan fingerprint density at radius 1 is 1.40 bits per heavy atom. The molecule has 20 heavy (non-hydrogen) atoms. The second-order valence-electron chi connectivity index (χ2n) is 5.63. The van der Waals surface area contributed by atoms with Gasteiger partial charge in [0, 0.05) is 28.8 Å². The van der Waals surface area contributed by atoms with Crippen molar-refractivity contribution in [3.8, 4) is 0 Å². The third-order valence-corrected chi connectivity index (χ3v) is 3.97. The van der Waals surface area contributed by atoms with Gasteiger partial charge in [-0.25, -0.2) is 4.79 Å². The maximum atomic E-state index is 11.7. The Morgan fingerprint density at radius 3 is 2.55 bits per heavy atom. The molecule has 1 atom stereocenters. The number of nitrogens with one attached hydrogen (secondary N) is 2. The average molecular weight is 298 g/mol. The zero-order chi connectivity index (χ0) is 15.3. The van der Waals surface area contributed by atoms with Crippen LogP contribution in [0.3, 0.4) is 0 Å². The number of aliphatic carboxylic acids is 1. The van der Waals surface area contributed by atoms with E-state index in [9.17, 15) is 9.59 Å². The van der Waals surface area contributed by atoms with Gasteiger partial charge in [0.1, 0.15) is 0 Å². The number of carboxylic acids is 1. The number of hydrogen-bond donors (Lipinski definition) is 3. The minimum atomic E-state index is -0.967. The molecule has 2 amide bonds. The van der Waals surface area contributed by atoms with E-state index in [1.807, 2.05) is 13.8 Å². The summed E-state index contributed by atoms with van der Waals surface area (Å²) in [6.07, 6.45) is 0.772. The van der Waals surface area contributed by atoms with Crippen LogP contribution in [0.5, 0.6) is 0 Å². The molecule has 0 spiro atoms. The molecule has 1 aromatic rings. The zero-order valence-electron chi connectivity index (χ0n) is 12.3. The largest absolute Gasteiger partial charge is 0.481 e. The monoisotopic (exact) mass is 298 g/mol. The maximum Gasteiger partial charge on any atom is 0.315 e. The summed E-state index contributed by atoms with van der Waals surface area (Å²) in [5.41, 5.74) is -0.967. The maximum absolute atomic E-state index is 11.7. The standard InChI is InChI=1S/C14H22N2O3S/c1-9(7-11-6-5-10(2)20-11)16-13(19)15-8-14(3,4)12(17)18/h5-6,9H,7-8H2,1-4H3,(H,17,18)(H2,15,16,19). The summed E-state index contributed by atoms with van der Waals surface area (Å²) in [5, 5.41) is 14.4. The minimum Gasteiger partial charge on any atom is -0.481 e. The molecule has 6 heteroatoms. The predicted octanol–water partition coefficient (Wildman–Crippen LogP) is 2.40. The van der Waals surface area contributed by atoms with Crippen LogP contribution >= 0.6 is 11.3 Å². The van der Waals surface area contributed by atoms with Crippen molar-refractivity contribution in [1.82, 2.24) is 10.6 Å². The Kier molecular flexibility index (Phi) is 5.56. The van der Waals surface area contributed by atoms with E-state index in [0.717, 1.165) is 6.42 Å². The van der Waals surface area contributed by atoms with Crippen LogP contribution in [-0.2, 0) is 11.2 Å². The highest BCUT2D eigenvalue weighted by Gasteiger charge is 2.27. The first-order valence-corrected chi connectivity index (χ1v) is 7.35. The molecule has 3 N–H and O–H groups in total. The Hall–Kier alpha value is -1.56.